The lowest BCUT2D eigenvalue weighted by atomic mass is 9.84. The van der Waals surface area contributed by atoms with E-state index in [1.165, 1.54) is 37.7 Å². The average Bonchev–Trinajstić information content (AvgIpc) is 2.89. The highest BCUT2D eigenvalue weighted by Gasteiger charge is 2.51. The third-order valence-corrected chi connectivity index (χ3v) is 6.20. The quantitative estimate of drug-likeness (QED) is 0.926. The van der Waals surface area contributed by atoms with Crippen LogP contribution in [0.2, 0.25) is 0 Å². The van der Waals surface area contributed by atoms with Crippen LogP contribution in [-0.4, -0.2) is 22.9 Å². The van der Waals surface area contributed by atoms with E-state index in [0.29, 0.717) is 23.8 Å². The molecule has 0 saturated heterocycles. The molecule has 20 heavy (non-hydrogen) atoms. The molecule has 3 aliphatic carbocycles. The third-order valence-electron chi connectivity index (χ3n) is 5.47. The van der Waals surface area contributed by atoms with Gasteiger partial charge < -0.3 is 10.6 Å². The van der Waals surface area contributed by atoms with Crippen molar-refractivity contribution in [1.82, 2.24) is 4.90 Å². The van der Waals surface area contributed by atoms with Gasteiger partial charge in [-0.1, -0.05) is 0 Å². The number of carbonyl (C=O) groups is 1. The second kappa shape index (κ2) is 4.85. The Kier molecular flexibility index (Phi) is 3.11. The Morgan fingerprint density at radius 2 is 2.10 bits per heavy atom. The molecule has 1 amide bonds. The van der Waals surface area contributed by atoms with Crippen LogP contribution in [0.5, 0.6) is 0 Å². The summed E-state index contributed by atoms with van der Waals surface area (Å²) in [6, 6.07) is 2.73. The number of hydrogen-bond acceptors (Lipinski definition) is 3. The van der Waals surface area contributed by atoms with Gasteiger partial charge in [0.25, 0.3) is 0 Å². The summed E-state index contributed by atoms with van der Waals surface area (Å²) in [6.45, 7) is 0.785. The van der Waals surface area contributed by atoms with Crippen molar-refractivity contribution in [2.45, 2.75) is 50.7 Å². The minimum atomic E-state index is 0.105. The minimum absolute atomic E-state index is 0.105. The molecule has 1 heterocycles. The van der Waals surface area contributed by atoms with Gasteiger partial charge in [0, 0.05) is 18.6 Å². The van der Waals surface area contributed by atoms with Gasteiger partial charge in [-0.05, 0) is 66.3 Å². The summed E-state index contributed by atoms with van der Waals surface area (Å²) in [7, 11) is 0. The number of nitrogens with two attached hydrogens (primary N) is 1. The SMILES string of the molecule is NC1C2CCC(C2)C1C(=O)N(Cc1ccsc1)C1CC1. The lowest BCUT2D eigenvalue weighted by Crippen LogP contribution is -2.47. The molecule has 3 aliphatic rings. The third kappa shape index (κ3) is 2.09. The Hall–Kier alpha value is -0.870. The lowest BCUT2D eigenvalue weighted by molar-refractivity contribution is -0.139. The first-order chi connectivity index (χ1) is 9.74. The Morgan fingerprint density at radius 3 is 2.70 bits per heavy atom. The van der Waals surface area contributed by atoms with Crippen LogP contribution in [0.1, 0.15) is 37.7 Å². The van der Waals surface area contributed by atoms with Crippen LogP contribution >= 0.6 is 11.3 Å². The summed E-state index contributed by atoms with van der Waals surface area (Å²) in [6.07, 6.45) is 5.99. The molecular weight excluding hydrogens is 268 g/mol. The molecule has 4 atom stereocenters. The highest BCUT2D eigenvalue weighted by atomic mass is 32.1. The number of hydrogen-bond donors (Lipinski definition) is 1. The van der Waals surface area contributed by atoms with Crippen molar-refractivity contribution < 1.29 is 4.79 Å². The smallest absolute Gasteiger partial charge is 0.228 e. The first-order valence-electron chi connectivity index (χ1n) is 7.81. The van der Waals surface area contributed by atoms with Gasteiger partial charge in [-0.15, -0.1) is 0 Å². The van der Waals surface area contributed by atoms with Gasteiger partial charge in [-0.25, -0.2) is 0 Å². The molecule has 108 valence electrons. The van der Waals surface area contributed by atoms with Crippen molar-refractivity contribution in [3.63, 3.8) is 0 Å². The summed E-state index contributed by atoms with van der Waals surface area (Å²) in [5, 5.41) is 4.25. The highest BCUT2D eigenvalue weighted by molar-refractivity contribution is 7.07. The largest absolute Gasteiger partial charge is 0.335 e. The fourth-order valence-corrected chi connectivity index (χ4v) is 4.91. The van der Waals surface area contributed by atoms with Gasteiger partial charge in [0.1, 0.15) is 0 Å². The van der Waals surface area contributed by atoms with Gasteiger partial charge in [0.2, 0.25) is 5.91 Å². The van der Waals surface area contributed by atoms with E-state index in [-0.39, 0.29) is 12.0 Å². The van der Waals surface area contributed by atoms with Crippen molar-refractivity contribution in [1.29, 1.82) is 0 Å². The number of fused-ring (bicyclic) bond motifs is 2. The normalized spacial score (nSPS) is 35.5. The Morgan fingerprint density at radius 1 is 1.30 bits per heavy atom. The molecule has 3 saturated carbocycles. The number of amides is 1. The molecule has 0 spiro atoms. The van der Waals surface area contributed by atoms with E-state index >= 15 is 0 Å². The minimum Gasteiger partial charge on any atom is -0.335 e. The molecule has 2 N–H and O–H groups in total. The zero-order valence-electron chi connectivity index (χ0n) is 11.7. The van der Waals surface area contributed by atoms with Crippen molar-refractivity contribution in [3.8, 4) is 0 Å². The van der Waals surface area contributed by atoms with E-state index in [1.807, 2.05) is 0 Å². The molecule has 4 heteroatoms. The summed E-state index contributed by atoms with van der Waals surface area (Å²) in [5.41, 5.74) is 7.62. The van der Waals surface area contributed by atoms with Crippen LogP contribution in [0.4, 0.5) is 0 Å². The molecule has 1 aromatic rings. The molecule has 0 aromatic carbocycles. The van der Waals surface area contributed by atoms with Gasteiger partial charge in [0.15, 0.2) is 0 Å². The second-order valence-electron chi connectivity index (χ2n) is 6.77. The number of thiophene rings is 1. The van der Waals surface area contributed by atoms with Crippen LogP contribution in [0.3, 0.4) is 0 Å². The Labute approximate surface area is 124 Å². The second-order valence-corrected chi connectivity index (χ2v) is 7.55. The van der Waals surface area contributed by atoms with E-state index in [9.17, 15) is 4.79 Å². The molecule has 0 aliphatic heterocycles. The predicted octanol–water partition coefficient (Wildman–Crippen LogP) is 2.61. The van der Waals surface area contributed by atoms with Gasteiger partial charge >= 0.3 is 0 Å². The Balaban J connectivity index is 1.53. The van der Waals surface area contributed by atoms with E-state index in [2.05, 4.69) is 21.7 Å². The molecule has 3 nitrogen and oxygen atoms in total. The maximum absolute atomic E-state index is 13.0. The van der Waals surface area contributed by atoms with Crippen LogP contribution in [0.25, 0.3) is 0 Å². The average molecular weight is 290 g/mol. The van der Waals surface area contributed by atoms with Crippen molar-refractivity contribution >= 4 is 17.2 Å². The summed E-state index contributed by atoms with van der Waals surface area (Å²) < 4.78 is 0. The van der Waals surface area contributed by atoms with Crippen LogP contribution in [0.15, 0.2) is 16.8 Å². The highest BCUT2D eigenvalue weighted by Crippen LogP contribution is 2.49. The summed E-state index contributed by atoms with van der Waals surface area (Å²) in [5.74, 6) is 1.62. The molecule has 4 rings (SSSR count). The standard InChI is InChI=1S/C16H22N2OS/c17-15-12-2-1-11(7-12)14(15)16(19)18(13-3-4-13)8-10-5-6-20-9-10/h5-6,9,11-15H,1-4,7-8,17H2. The predicted molar refractivity (Wildman–Crippen MR) is 80.2 cm³/mol. The first-order valence-corrected chi connectivity index (χ1v) is 8.75. The monoisotopic (exact) mass is 290 g/mol. The summed E-state index contributed by atoms with van der Waals surface area (Å²) in [4.78, 5) is 15.1. The van der Waals surface area contributed by atoms with Crippen LogP contribution < -0.4 is 5.73 Å². The van der Waals surface area contributed by atoms with Gasteiger partial charge in [-0.2, -0.15) is 11.3 Å². The molecule has 3 fully saturated rings. The number of carbonyl (C=O) groups excluding carboxylic acids is 1. The maximum atomic E-state index is 13.0. The van der Waals surface area contributed by atoms with E-state index in [1.54, 1.807) is 11.3 Å². The molecule has 0 radical (unpaired) electrons. The van der Waals surface area contributed by atoms with Crippen LogP contribution in [0, 0.1) is 17.8 Å². The number of rotatable bonds is 4. The zero-order valence-corrected chi connectivity index (χ0v) is 12.5. The van der Waals surface area contributed by atoms with E-state index in [0.717, 1.165) is 6.54 Å². The lowest BCUT2D eigenvalue weighted by Gasteiger charge is -2.32. The molecule has 1 aromatic heterocycles. The first kappa shape index (κ1) is 12.8. The van der Waals surface area contributed by atoms with Gasteiger partial charge in [-0.3, -0.25) is 4.79 Å². The Bertz CT molecular complexity index is 495. The zero-order chi connectivity index (χ0) is 13.7. The van der Waals surface area contributed by atoms with Crippen molar-refractivity contribution in [3.05, 3.63) is 22.4 Å². The fourth-order valence-electron chi connectivity index (χ4n) is 4.25. The molecule has 2 bridgehead atoms. The van der Waals surface area contributed by atoms with Crippen molar-refractivity contribution in [2.75, 3.05) is 0 Å². The molecule has 4 unspecified atom stereocenters. The topological polar surface area (TPSA) is 46.3 Å². The van der Waals surface area contributed by atoms with E-state index < -0.39 is 0 Å². The van der Waals surface area contributed by atoms with Gasteiger partial charge in [0.05, 0.1) is 5.92 Å². The number of nitrogens with zero attached hydrogens (tertiary/aromatic N) is 1. The molecular formula is C16H22N2OS. The van der Waals surface area contributed by atoms with E-state index in [4.69, 9.17) is 5.73 Å². The van der Waals surface area contributed by atoms with Crippen LogP contribution in [-0.2, 0) is 11.3 Å². The van der Waals surface area contributed by atoms with Crippen molar-refractivity contribution in [2.24, 2.45) is 23.5 Å². The fraction of sp³-hybridized carbons (Fsp3) is 0.688. The summed E-state index contributed by atoms with van der Waals surface area (Å²) >= 11 is 1.71. The maximum Gasteiger partial charge on any atom is 0.228 e.